The number of carboxylic acid groups (broad SMARTS) is 1. The van der Waals surface area contributed by atoms with Gasteiger partial charge in [0.15, 0.2) is 0 Å². The molecular weight excluding hydrogens is 488 g/mol. The molecule has 2 aromatic carbocycles. The van der Waals surface area contributed by atoms with Crippen LogP contribution in [0.3, 0.4) is 0 Å². The molecule has 1 unspecified atom stereocenters. The van der Waals surface area contributed by atoms with E-state index in [1.807, 2.05) is 51.1 Å². The number of aryl methyl sites for hydroxylation is 1. The topological polar surface area (TPSA) is 95.0 Å². The second-order valence-corrected chi connectivity index (χ2v) is 11.4. The molecule has 1 saturated heterocycles. The molecule has 0 aliphatic carbocycles. The van der Waals surface area contributed by atoms with Crippen LogP contribution in [0.5, 0.6) is 0 Å². The summed E-state index contributed by atoms with van der Waals surface area (Å²) in [5, 5.41) is 9.07. The van der Waals surface area contributed by atoms with Crippen molar-refractivity contribution in [1.82, 2.24) is 4.90 Å². The summed E-state index contributed by atoms with van der Waals surface area (Å²) in [6.45, 7) is 7.31. The summed E-state index contributed by atoms with van der Waals surface area (Å²) in [6, 6.07) is 11.6. The van der Waals surface area contributed by atoms with Crippen LogP contribution < -0.4 is 4.90 Å². The largest absolute Gasteiger partial charge is 0.480 e. The van der Waals surface area contributed by atoms with E-state index in [1.165, 1.54) is 0 Å². The smallest absolute Gasteiger partial charge is 0.323 e. The molecule has 1 atom stereocenters. The predicted molar refractivity (Wildman–Crippen MR) is 135 cm³/mol. The maximum Gasteiger partial charge on any atom is 0.323 e. The number of carbonyl (C=O) groups is 4. The molecule has 35 heavy (non-hydrogen) atoms. The number of halogens is 1. The van der Waals surface area contributed by atoms with Crippen molar-refractivity contribution < 1.29 is 24.3 Å². The Kier molecular flexibility index (Phi) is 5.20. The lowest BCUT2D eigenvalue weighted by atomic mass is 9.65. The molecule has 0 bridgehead atoms. The van der Waals surface area contributed by atoms with Gasteiger partial charge in [-0.15, -0.1) is 0 Å². The molecule has 9 heteroatoms. The normalized spacial score (nSPS) is 24.9. The number of anilines is 1. The zero-order valence-corrected chi connectivity index (χ0v) is 21.2. The van der Waals surface area contributed by atoms with Crippen molar-refractivity contribution in [3.8, 4) is 0 Å². The fourth-order valence-corrected chi connectivity index (χ4v) is 6.75. The highest BCUT2D eigenvalue weighted by Gasteiger charge is 2.54. The van der Waals surface area contributed by atoms with Gasteiger partial charge in [-0.05, 0) is 68.3 Å². The van der Waals surface area contributed by atoms with Crippen LogP contribution in [0.25, 0.3) is 5.57 Å². The van der Waals surface area contributed by atoms with Crippen molar-refractivity contribution in [3.05, 3.63) is 68.6 Å². The van der Waals surface area contributed by atoms with Crippen molar-refractivity contribution in [2.45, 2.75) is 45.1 Å². The molecular formula is C26H23ClN2O5S. The fraction of sp³-hybridized carbons (Fsp3) is 0.308. The summed E-state index contributed by atoms with van der Waals surface area (Å²) < 4.78 is 0. The number of aliphatic carboxylic acids is 1. The number of rotatable bonds is 3. The van der Waals surface area contributed by atoms with Gasteiger partial charge in [-0.1, -0.05) is 42.3 Å². The second kappa shape index (κ2) is 7.70. The number of nitrogens with zero attached hydrogens (tertiary/aromatic N) is 2. The van der Waals surface area contributed by atoms with Crippen LogP contribution in [0, 0.1) is 6.92 Å². The molecule has 1 N–H and O–H groups in total. The predicted octanol–water partition coefficient (Wildman–Crippen LogP) is 4.97. The van der Waals surface area contributed by atoms with Crippen LogP contribution in [0.2, 0.25) is 5.02 Å². The zero-order valence-electron chi connectivity index (χ0n) is 19.6. The highest BCUT2D eigenvalue weighted by Crippen LogP contribution is 2.57. The molecule has 0 spiro atoms. The molecule has 0 saturated carbocycles. The average Bonchev–Trinajstić information content (AvgIpc) is 3.19. The van der Waals surface area contributed by atoms with Crippen LogP contribution in [-0.4, -0.2) is 45.1 Å². The molecule has 7 nitrogen and oxygen atoms in total. The van der Waals surface area contributed by atoms with E-state index in [-0.39, 0.29) is 16.4 Å². The first-order valence-corrected chi connectivity index (χ1v) is 12.3. The van der Waals surface area contributed by atoms with Gasteiger partial charge < -0.3 is 10.0 Å². The Labute approximate surface area is 211 Å². The Morgan fingerprint density at radius 1 is 1.09 bits per heavy atom. The van der Waals surface area contributed by atoms with Gasteiger partial charge in [-0.3, -0.25) is 24.1 Å². The Morgan fingerprint density at radius 3 is 2.37 bits per heavy atom. The zero-order chi connectivity index (χ0) is 25.4. The first-order chi connectivity index (χ1) is 16.3. The maximum absolute atomic E-state index is 13.9. The summed E-state index contributed by atoms with van der Waals surface area (Å²) in [5.41, 5.74) is 3.37. The number of hydrogen-bond acceptors (Lipinski definition) is 5. The number of carboxylic acids is 1. The number of hydrogen-bond donors (Lipinski definition) is 1. The van der Waals surface area contributed by atoms with Crippen molar-refractivity contribution in [1.29, 1.82) is 0 Å². The summed E-state index contributed by atoms with van der Waals surface area (Å²) in [5.74, 6) is -2.40. The Bertz CT molecular complexity index is 1380. The first kappa shape index (κ1) is 23.6. The van der Waals surface area contributed by atoms with Gasteiger partial charge in [0.05, 0.1) is 16.2 Å². The van der Waals surface area contributed by atoms with E-state index in [1.54, 1.807) is 4.90 Å². The van der Waals surface area contributed by atoms with Crippen LogP contribution in [0.4, 0.5) is 10.5 Å². The van der Waals surface area contributed by atoms with Gasteiger partial charge in [-0.2, -0.15) is 0 Å². The summed E-state index contributed by atoms with van der Waals surface area (Å²) in [6.07, 6.45) is 0.622. The SMILES string of the molecule is Cc1cc2c3c(c1)C(C)(c1ccc(Cl)cc1)CC(C)(C)N3C(=O)C2=C1SC(=O)N(CC(=O)O)C1=O. The van der Waals surface area contributed by atoms with Gasteiger partial charge in [-0.25, -0.2) is 0 Å². The average molecular weight is 511 g/mol. The Hall–Kier alpha value is -3.10. The van der Waals surface area contributed by atoms with Gasteiger partial charge in [0.1, 0.15) is 6.54 Å². The highest BCUT2D eigenvalue weighted by atomic mass is 35.5. The lowest BCUT2D eigenvalue weighted by Gasteiger charge is -2.50. The summed E-state index contributed by atoms with van der Waals surface area (Å²) in [7, 11) is 0. The van der Waals surface area contributed by atoms with Crippen LogP contribution in [0.1, 0.15) is 49.4 Å². The van der Waals surface area contributed by atoms with E-state index in [2.05, 4.69) is 13.0 Å². The first-order valence-electron chi connectivity index (χ1n) is 11.1. The lowest BCUT2D eigenvalue weighted by molar-refractivity contribution is -0.140. The third-order valence-corrected chi connectivity index (χ3v) is 8.23. The molecule has 5 rings (SSSR count). The van der Waals surface area contributed by atoms with E-state index in [4.69, 9.17) is 16.7 Å². The number of carbonyl (C=O) groups excluding carboxylic acids is 3. The number of amides is 3. The molecule has 3 heterocycles. The van der Waals surface area contributed by atoms with E-state index in [9.17, 15) is 19.2 Å². The molecule has 0 aromatic heterocycles. The van der Waals surface area contributed by atoms with Crippen molar-refractivity contribution in [2.24, 2.45) is 0 Å². The number of thioether (sulfide) groups is 1. The quantitative estimate of drug-likeness (QED) is 0.585. The number of benzene rings is 2. The van der Waals surface area contributed by atoms with Gasteiger partial charge >= 0.3 is 5.97 Å². The standard InChI is InChI=1S/C26H23ClN2O5S/c1-13-9-16-19(21-23(33)28(11-18(30)31)24(34)35-21)22(32)29-20(16)17(10-13)26(4,12-25(29,2)3)14-5-7-15(27)8-6-14/h5-10H,11-12H2,1-4H3,(H,30,31). The molecule has 1 fully saturated rings. The van der Waals surface area contributed by atoms with Gasteiger partial charge in [0, 0.05) is 21.5 Å². The fourth-order valence-electron chi connectivity index (χ4n) is 5.69. The van der Waals surface area contributed by atoms with Crippen molar-refractivity contribution >= 4 is 57.6 Å². The van der Waals surface area contributed by atoms with Gasteiger partial charge in [0.2, 0.25) is 0 Å². The minimum atomic E-state index is -1.30. The van der Waals surface area contributed by atoms with E-state index in [0.29, 0.717) is 33.7 Å². The van der Waals surface area contributed by atoms with Gasteiger partial charge in [0.25, 0.3) is 17.1 Å². The minimum absolute atomic E-state index is 0.0209. The summed E-state index contributed by atoms with van der Waals surface area (Å²) in [4.78, 5) is 53.1. The van der Waals surface area contributed by atoms with E-state index < -0.39 is 34.6 Å². The number of imide groups is 1. The Balaban J connectivity index is 1.77. The summed E-state index contributed by atoms with van der Waals surface area (Å²) >= 11 is 6.78. The minimum Gasteiger partial charge on any atom is -0.480 e. The Morgan fingerprint density at radius 2 is 1.74 bits per heavy atom. The van der Waals surface area contributed by atoms with E-state index in [0.717, 1.165) is 22.4 Å². The van der Waals surface area contributed by atoms with Crippen LogP contribution in [0.15, 0.2) is 41.3 Å². The third kappa shape index (κ3) is 3.42. The molecule has 3 amide bonds. The van der Waals surface area contributed by atoms with Crippen molar-refractivity contribution in [2.75, 3.05) is 11.4 Å². The maximum atomic E-state index is 13.9. The second-order valence-electron chi connectivity index (χ2n) is 10.0. The highest BCUT2D eigenvalue weighted by molar-refractivity contribution is 8.18. The van der Waals surface area contributed by atoms with Crippen LogP contribution in [-0.2, 0) is 19.8 Å². The third-order valence-electron chi connectivity index (χ3n) is 7.00. The van der Waals surface area contributed by atoms with Crippen molar-refractivity contribution in [3.63, 3.8) is 0 Å². The lowest BCUT2D eigenvalue weighted by Crippen LogP contribution is -2.54. The molecule has 2 aromatic rings. The molecule has 3 aliphatic heterocycles. The molecule has 180 valence electrons. The van der Waals surface area contributed by atoms with E-state index >= 15 is 0 Å². The monoisotopic (exact) mass is 510 g/mol. The van der Waals surface area contributed by atoms with Crippen LogP contribution >= 0.6 is 23.4 Å². The molecule has 3 aliphatic rings. The molecule has 0 radical (unpaired) electrons.